The molecule has 0 bridgehead atoms. The van der Waals surface area contributed by atoms with E-state index in [1.807, 2.05) is 23.2 Å². The van der Waals surface area contributed by atoms with Crippen molar-refractivity contribution in [2.75, 3.05) is 38.2 Å². The predicted molar refractivity (Wildman–Crippen MR) is 92.5 cm³/mol. The number of phenols is 1. The zero-order valence-corrected chi connectivity index (χ0v) is 13.2. The summed E-state index contributed by atoms with van der Waals surface area (Å²) in [6.07, 6.45) is 1.69. The second kappa shape index (κ2) is 7.05. The topological polar surface area (TPSA) is 48.3 Å². The maximum atomic E-state index is 10.1. The Bertz CT molecular complexity index is 665. The van der Waals surface area contributed by atoms with E-state index in [1.165, 1.54) is 5.69 Å². The first-order valence-corrected chi connectivity index (χ1v) is 7.73. The van der Waals surface area contributed by atoms with E-state index in [9.17, 15) is 5.11 Å². The fourth-order valence-electron chi connectivity index (χ4n) is 2.66. The summed E-state index contributed by atoms with van der Waals surface area (Å²) in [5.41, 5.74) is 1.91. The van der Waals surface area contributed by atoms with E-state index >= 15 is 0 Å². The van der Waals surface area contributed by atoms with Crippen LogP contribution >= 0.6 is 0 Å². The Morgan fingerprint density at radius 1 is 1.00 bits per heavy atom. The van der Waals surface area contributed by atoms with Gasteiger partial charge in [-0.2, -0.15) is 5.10 Å². The summed E-state index contributed by atoms with van der Waals surface area (Å²) in [5.74, 6) is 0.588. The van der Waals surface area contributed by atoms with Gasteiger partial charge in [-0.05, 0) is 24.3 Å². The third-order valence-electron chi connectivity index (χ3n) is 3.99. The van der Waals surface area contributed by atoms with Crippen LogP contribution in [0.25, 0.3) is 0 Å². The average Bonchev–Trinajstić information content (AvgIpc) is 2.62. The SMILES string of the molecule is COc1cccc(/C=N/N2CCN(c3ccccc3)CC2)c1O. The van der Waals surface area contributed by atoms with Crippen LogP contribution in [0, 0.1) is 0 Å². The molecule has 2 aromatic carbocycles. The minimum Gasteiger partial charge on any atom is -0.504 e. The smallest absolute Gasteiger partial charge is 0.166 e. The van der Waals surface area contributed by atoms with Gasteiger partial charge in [0.05, 0.1) is 26.4 Å². The van der Waals surface area contributed by atoms with Gasteiger partial charge in [0.25, 0.3) is 0 Å². The van der Waals surface area contributed by atoms with Crippen LogP contribution in [0.5, 0.6) is 11.5 Å². The van der Waals surface area contributed by atoms with Gasteiger partial charge in [-0.3, -0.25) is 5.01 Å². The number of benzene rings is 2. The van der Waals surface area contributed by atoms with Crippen LogP contribution in [0.2, 0.25) is 0 Å². The maximum Gasteiger partial charge on any atom is 0.166 e. The lowest BCUT2D eigenvalue weighted by molar-refractivity contribution is 0.272. The number of hydrogen-bond acceptors (Lipinski definition) is 5. The molecule has 5 nitrogen and oxygen atoms in total. The lowest BCUT2D eigenvalue weighted by Gasteiger charge is -2.34. The van der Waals surface area contributed by atoms with Gasteiger partial charge < -0.3 is 14.7 Å². The molecule has 1 aliphatic rings. The Labute approximate surface area is 136 Å². The van der Waals surface area contributed by atoms with E-state index in [0.29, 0.717) is 11.3 Å². The fourth-order valence-corrected chi connectivity index (χ4v) is 2.66. The molecule has 0 aromatic heterocycles. The zero-order valence-electron chi connectivity index (χ0n) is 13.2. The Kier molecular flexibility index (Phi) is 4.66. The van der Waals surface area contributed by atoms with Gasteiger partial charge in [0.2, 0.25) is 0 Å². The van der Waals surface area contributed by atoms with Gasteiger partial charge in [-0.15, -0.1) is 0 Å². The first-order valence-electron chi connectivity index (χ1n) is 7.73. The molecule has 0 saturated carbocycles. The molecule has 1 N–H and O–H groups in total. The fraction of sp³-hybridized carbons (Fsp3) is 0.278. The predicted octanol–water partition coefficient (Wildman–Crippen LogP) is 2.56. The highest BCUT2D eigenvalue weighted by atomic mass is 16.5. The van der Waals surface area contributed by atoms with Crippen molar-refractivity contribution < 1.29 is 9.84 Å². The molecule has 120 valence electrons. The van der Waals surface area contributed by atoms with Gasteiger partial charge in [-0.25, -0.2) is 0 Å². The van der Waals surface area contributed by atoms with Crippen molar-refractivity contribution in [2.24, 2.45) is 5.10 Å². The molecule has 0 unspecified atom stereocenters. The first kappa shape index (κ1) is 15.2. The molecule has 0 aliphatic carbocycles. The Morgan fingerprint density at radius 2 is 1.74 bits per heavy atom. The van der Waals surface area contributed by atoms with Gasteiger partial charge >= 0.3 is 0 Å². The van der Waals surface area contributed by atoms with Crippen molar-refractivity contribution in [3.8, 4) is 11.5 Å². The highest BCUT2D eigenvalue weighted by Crippen LogP contribution is 2.28. The number of hydrazone groups is 1. The number of anilines is 1. The quantitative estimate of drug-likeness (QED) is 0.882. The number of methoxy groups -OCH3 is 1. The van der Waals surface area contributed by atoms with Crippen molar-refractivity contribution in [2.45, 2.75) is 0 Å². The van der Waals surface area contributed by atoms with Crippen molar-refractivity contribution in [3.63, 3.8) is 0 Å². The molecule has 3 rings (SSSR count). The summed E-state index contributed by atoms with van der Waals surface area (Å²) in [6, 6.07) is 15.8. The van der Waals surface area contributed by atoms with Crippen molar-refractivity contribution in [1.82, 2.24) is 5.01 Å². The molecule has 1 heterocycles. The van der Waals surface area contributed by atoms with E-state index in [4.69, 9.17) is 4.74 Å². The average molecular weight is 311 g/mol. The van der Waals surface area contributed by atoms with Crippen molar-refractivity contribution in [1.29, 1.82) is 0 Å². The van der Waals surface area contributed by atoms with E-state index in [0.717, 1.165) is 26.2 Å². The van der Waals surface area contributed by atoms with Gasteiger partial charge in [0, 0.05) is 24.3 Å². The lowest BCUT2D eigenvalue weighted by atomic mass is 10.2. The minimum absolute atomic E-state index is 0.127. The van der Waals surface area contributed by atoms with E-state index < -0.39 is 0 Å². The minimum atomic E-state index is 0.127. The highest BCUT2D eigenvalue weighted by molar-refractivity contribution is 5.84. The van der Waals surface area contributed by atoms with Gasteiger partial charge in [0.1, 0.15) is 0 Å². The lowest BCUT2D eigenvalue weighted by Crippen LogP contribution is -2.44. The first-order chi connectivity index (χ1) is 11.3. The largest absolute Gasteiger partial charge is 0.504 e. The van der Waals surface area contributed by atoms with Crippen molar-refractivity contribution in [3.05, 3.63) is 54.1 Å². The summed E-state index contributed by atoms with van der Waals surface area (Å²) in [4.78, 5) is 2.36. The molecule has 0 spiro atoms. The van der Waals surface area contributed by atoms with Crippen LogP contribution in [-0.2, 0) is 0 Å². The van der Waals surface area contributed by atoms with E-state index in [-0.39, 0.29) is 5.75 Å². The molecule has 5 heteroatoms. The van der Waals surface area contributed by atoms with Crippen LogP contribution in [0.3, 0.4) is 0 Å². The molecule has 1 saturated heterocycles. The number of phenolic OH excluding ortho intramolecular Hbond substituents is 1. The number of ether oxygens (including phenoxy) is 1. The third-order valence-corrected chi connectivity index (χ3v) is 3.99. The Hall–Kier alpha value is -2.69. The second-order valence-electron chi connectivity index (χ2n) is 5.42. The molecule has 23 heavy (non-hydrogen) atoms. The normalized spacial score (nSPS) is 15.2. The summed E-state index contributed by atoms with van der Waals surface area (Å²) in [7, 11) is 1.54. The summed E-state index contributed by atoms with van der Waals surface area (Å²) in [5, 5.41) is 16.6. The number of rotatable bonds is 4. The monoisotopic (exact) mass is 311 g/mol. The van der Waals surface area contributed by atoms with Crippen LogP contribution < -0.4 is 9.64 Å². The Balaban J connectivity index is 1.61. The molecule has 0 atom stereocenters. The maximum absolute atomic E-state index is 10.1. The standard InChI is InChI=1S/C18H21N3O2/c1-23-17-9-5-6-15(18(17)22)14-19-21-12-10-20(11-13-21)16-7-3-2-4-8-16/h2-9,14,22H,10-13H2,1H3/b19-14+. The number of hydrogen-bond donors (Lipinski definition) is 1. The number of para-hydroxylation sites is 2. The second-order valence-corrected chi connectivity index (χ2v) is 5.42. The van der Waals surface area contributed by atoms with E-state index in [1.54, 1.807) is 19.4 Å². The van der Waals surface area contributed by atoms with Crippen LogP contribution in [0.1, 0.15) is 5.56 Å². The molecular formula is C18H21N3O2. The number of nitrogens with zero attached hydrogens (tertiary/aromatic N) is 3. The van der Waals surface area contributed by atoms with Gasteiger partial charge in [0.15, 0.2) is 11.5 Å². The molecule has 1 aliphatic heterocycles. The summed E-state index contributed by atoms with van der Waals surface area (Å²) < 4.78 is 5.11. The number of aromatic hydroxyl groups is 1. The van der Waals surface area contributed by atoms with Gasteiger partial charge in [-0.1, -0.05) is 24.3 Å². The molecule has 0 amide bonds. The highest BCUT2D eigenvalue weighted by Gasteiger charge is 2.15. The van der Waals surface area contributed by atoms with Crippen LogP contribution in [0.15, 0.2) is 53.6 Å². The number of piperazine rings is 1. The van der Waals surface area contributed by atoms with Crippen molar-refractivity contribution >= 4 is 11.9 Å². The summed E-state index contributed by atoms with van der Waals surface area (Å²) in [6.45, 7) is 3.59. The molecule has 2 aromatic rings. The third kappa shape index (κ3) is 3.56. The Morgan fingerprint density at radius 3 is 2.43 bits per heavy atom. The molecular weight excluding hydrogens is 290 g/mol. The van der Waals surface area contributed by atoms with Crippen LogP contribution in [-0.4, -0.2) is 49.6 Å². The van der Waals surface area contributed by atoms with Crippen LogP contribution in [0.4, 0.5) is 5.69 Å². The zero-order chi connectivity index (χ0) is 16.1. The molecule has 0 radical (unpaired) electrons. The summed E-state index contributed by atoms with van der Waals surface area (Å²) >= 11 is 0. The van der Waals surface area contributed by atoms with E-state index in [2.05, 4.69) is 34.3 Å². The molecule has 1 fully saturated rings.